The number of nitrogens with zero attached hydrogens (tertiary/aromatic N) is 1. The predicted octanol–water partition coefficient (Wildman–Crippen LogP) is 0.762. The zero-order chi connectivity index (χ0) is 12.8. The Morgan fingerprint density at radius 1 is 1.47 bits per heavy atom. The summed E-state index contributed by atoms with van der Waals surface area (Å²) in [6.45, 7) is 0. The molecule has 0 saturated carbocycles. The number of benzene rings is 1. The van der Waals surface area contributed by atoms with Gasteiger partial charge in [0.1, 0.15) is 6.04 Å². The number of rotatable bonds is 5. The highest BCUT2D eigenvalue weighted by Crippen LogP contribution is 2.18. The van der Waals surface area contributed by atoms with Crippen molar-refractivity contribution in [1.29, 1.82) is 0 Å². The van der Waals surface area contributed by atoms with E-state index >= 15 is 0 Å². The standard InChI is InChI=1S/C10H12N2O4S/c11-8(6-17)10(13)16-9(12(14)15)7-4-2-1-3-5-7/h1-5,8-9,17H,6,11H2/t8-,9?/m0/s1. The van der Waals surface area contributed by atoms with Crippen LogP contribution in [-0.4, -0.2) is 22.7 Å². The van der Waals surface area contributed by atoms with Crippen LogP contribution in [0.5, 0.6) is 0 Å². The molecule has 2 N–H and O–H groups in total. The Morgan fingerprint density at radius 3 is 2.53 bits per heavy atom. The summed E-state index contributed by atoms with van der Waals surface area (Å²) < 4.78 is 4.74. The number of carbonyl (C=O) groups is 1. The molecule has 6 nitrogen and oxygen atoms in total. The predicted molar refractivity (Wildman–Crippen MR) is 64.1 cm³/mol. The number of nitrogens with two attached hydrogens (primary N) is 1. The lowest BCUT2D eigenvalue weighted by Crippen LogP contribution is -2.36. The van der Waals surface area contributed by atoms with E-state index in [-0.39, 0.29) is 11.3 Å². The molecule has 0 aliphatic rings. The maximum atomic E-state index is 11.4. The molecule has 0 radical (unpaired) electrons. The van der Waals surface area contributed by atoms with Crippen LogP contribution in [0.1, 0.15) is 11.8 Å². The minimum Gasteiger partial charge on any atom is -0.393 e. The topological polar surface area (TPSA) is 95.5 Å². The monoisotopic (exact) mass is 256 g/mol. The van der Waals surface area contributed by atoms with E-state index in [1.165, 1.54) is 12.1 Å². The second-order valence-electron chi connectivity index (χ2n) is 3.27. The molecule has 7 heteroatoms. The van der Waals surface area contributed by atoms with Gasteiger partial charge in [0.25, 0.3) is 0 Å². The SMILES string of the molecule is N[C@@H](CS)C(=O)OC(c1ccccc1)[N+](=O)[O-]. The fourth-order valence-corrected chi connectivity index (χ4v) is 1.27. The molecule has 1 aromatic carbocycles. The van der Waals surface area contributed by atoms with E-state index < -0.39 is 23.2 Å². The molecule has 17 heavy (non-hydrogen) atoms. The Hall–Kier alpha value is -1.60. The normalized spacial score (nSPS) is 13.8. The number of hydrogen-bond acceptors (Lipinski definition) is 6. The Labute approximate surface area is 103 Å². The summed E-state index contributed by atoms with van der Waals surface area (Å²) in [4.78, 5) is 21.5. The van der Waals surface area contributed by atoms with Gasteiger partial charge in [0.05, 0.1) is 10.5 Å². The molecule has 0 bridgehead atoms. The van der Waals surface area contributed by atoms with Crippen molar-refractivity contribution >= 4 is 18.6 Å². The van der Waals surface area contributed by atoms with Crippen molar-refractivity contribution < 1.29 is 14.5 Å². The molecule has 92 valence electrons. The molecule has 0 aliphatic heterocycles. The van der Waals surface area contributed by atoms with Crippen molar-refractivity contribution in [2.45, 2.75) is 12.3 Å². The van der Waals surface area contributed by atoms with Gasteiger partial charge in [-0.2, -0.15) is 12.6 Å². The molecule has 1 unspecified atom stereocenters. The minimum absolute atomic E-state index is 0.0675. The van der Waals surface area contributed by atoms with Gasteiger partial charge in [0.2, 0.25) is 0 Å². The molecule has 0 fully saturated rings. The highest BCUT2D eigenvalue weighted by atomic mass is 32.1. The third-order valence-corrected chi connectivity index (χ3v) is 2.40. The van der Waals surface area contributed by atoms with Crippen LogP contribution >= 0.6 is 12.6 Å². The van der Waals surface area contributed by atoms with Gasteiger partial charge in [0, 0.05) is 5.75 Å². The quantitative estimate of drug-likeness (QED) is 0.266. The van der Waals surface area contributed by atoms with Gasteiger partial charge in [-0.25, -0.2) is 0 Å². The molecule has 0 aromatic heterocycles. The Kier molecular flexibility index (Phi) is 4.92. The second-order valence-corrected chi connectivity index (χ2v) is 3.64. The maximum absolute atomic E-state index is 11.4. The molecule has 1 aromatic rings. The van der Waals surface area contributed by atoms with E-state index in [9.17, 15) is 14.9 Å². The molecule has 2 atom stereocenters. The van der Waals surface area contributed by atoms with Crippen molar-refractivity contribution in [3.63, 3.8) is 0 Å². The van der Waals surface area contributed by atoms with Gasteiger partial charge in [-0.1, -0.05) is 18.2 Å². The number of carbonyl (C=O) groups excluding carboxylic acids is 1. The third kappa shape index (κ3) is 3.72. The van der Waals surface area contributed by atoms with Gasteiger partial charge < -0.3 is 10.5 Å². The molecule has 0 aliphatic carbocycles. The molecule has 0 heterocycles. The second kappa shape index (κ2) is 6.21. The van der Waals surface area contributed by atoms with Crippen LogP contribution in [0.2, 0.25) is 0 Å². The van der Waals surface area contributed by atoms with E-state index in [0.29, 0.717) is 0 Å². The lowest BCUT2D eigenvalue weighted by molar-refractivity contribution is -0.576. The fraction of sp³-hybridized carbons (Fsp3) is 0.300. The highest BCUT2D eigenvalue weighted by Gasteiger charge is 2.29. The smallest absolute Gasteiger partial charge is 0.382 e. The van der Waals surface area contributed by atoms with E-state index in [1.54, 1.807) is 18.2 Å². The van der Waals surface area contributed by atoms with Gasteiger partial charge in [-0.05, 0) is 12.1 Å². The zero-order valence-electron chi connectivity index (χ0n) is 8.85. The number of nitro groups is 1. The van der Waals surface area contributed by atoms with E-state index in [2.05, 4.69) is 12.6 Å². The van der Waals surface area contributed by atoms with Crippen molar-refractivity contribution in [1.82, 2.24) is 0 Å². The van der Waals surface area contributed by atoms with Crippen LogP contribution < -0.4 is 5.73 Å². The van der Waals surface area contributed by atoms with Crippen molar-refractivity contribution in [3.8, 4) is 0 Å². The Morgan fingerprint density at radius 2 is 2.06 bits per heavy atom. The van der Waals surface area contributed by atoms with Crippen LogP contribution in [0.15, 0.2) is 30.3 Å². The molecular weight excluding hydrogens is 244 g/mol. The van der Waals surface area contributed by atoms with Crippen LogP contribution in [0.25, 0.3) is 0 Å². The third-order valence-electron chi connectivity index (χ3n) is 2.00. The molecular formula is C10H12N2O4S. The van der Waals surface area contributed by atoms with Crippen LogP contribution in [0, 0.1) is 10.1 Å². The number of esters is 1. The van der Waals surface area contributed by atoms with Crippen molar-refractivity contribution in [2.75, 3.05) is 5.75 Å². The minimum atomic E-state index is -1.53. The number of hydrogen-bond donors (Lipinski definition) is 2. The van der Waals surface area contributed by atoms with E-state index in [1.807, 2.05) is 0 Å². The summed E-state index contributed by atoms with van der Waals surface area (Å²) in [5, 5.41) is 10.8. The van der Waals surface area contributed by atoms with Crippen LogP contribution in [0.4, 0.5) is 0 Å². The van der Waals surface area contributed by atoms with E-state index in [0.717, 1.165) is 0 Å². The average molecular weight is 256 g/mol. The Bertz CT molecular complexity index is 399. The van der Waals surface area contributed by atoms with Gasteiger partial charge >= 0.3 is 12.2 Å². The maximum Gasteiger partial charge on any atom is 0.382 e. The van der Waals surface area contributed by atoms with Crippen LogP contribution in [0.3, 0.4) is 0 Å². The van der Waals surface area contributed by atoms with Crippen LogP contribution in [-0.2, 0) is 9.53 Å². The van der Waals surface area contributed by atoms with Gasteiger partial charge in [0.15, 0.2) is 0 Å². The van der Waals surface area contributed by atoms with Gasteiger partial charge in [-0.15, -0.1) is 0 Å². The lowest BCUT2D eigenvalue weighted by Gasteiger charge is -2.13. The first-order valence-corrected chi connectivity index (χ1v) is 5.45. The van der Waals surface area contributed by atoms with Gasteiger partial charge in [-0.3, -0.25) is 14.9 Å². The summed E-state index contributed by atoms with van der Waals surface area (Å²) in [6, 6.07) is 7.00. The highest BCUT2D eigenvalue weighted by molar-refractivity contribution is 7.80. The van der Waals surface area contributed by atoms with Crippen molar-refractivity contribution in [2.24, 2.45) is 5.73 Å². The summed E-state index contributed by atoms with van der Waals surface area (Å²) >= 11 is 3.82. The fourth-order valence-electron chi connectivity index (χ4n) is 1.12. The first-order valence-electron chi connectivity index (χ1n) is 4.81. The molecule has 0 amide bonds. The molecule has 0 saturated heterocycles. The zero-order valence-corrected chi connectivity index (χ0v) is 9.75. The summed E-state index contributed by atoms with van der Waals surface area (Å²) in [5.74, 6) is -0.775. The average Bonchev–Trinajstić information content (AvgIpc) is 2.35. The number of ether oxygens (including phenoxy) is 1. The first-order chi connectivity index (χ1) is 8.06. The first kappa shape index (κ1) is 13.5. The largest absolute Gasteiger partial charge is 0.393 e. The number of thiol groups is 1. The molecule has 0 spiro atoms. The summed E-state index contributed by atoms with van der Waals surface area (Å²) in [6.07, 6.45) is -1.53. The molecule has 1 rings (SSSR count). The summed E-state index contributed by atoms with van der Waals surface area (Å²) in [5.41, 5.74) is 5.66. The van der Waals surface area contributed by atoms with E-state index in [4.69, 9.17) is 10.5 Å². The van der Waals surface area contributed by atoms with Crippen molar-refractivity contribution in [3.05, 3.63) is 46.0 Å². The lowest BCUT2D eigenvalue weighted by atomic mass is 10.2. The summed E-state index contributed by atoms with van der Waals surface area (Å²) in [7, 11) is 0. The Balaban J connectivity index is 2.82.